The van der Waals surface area contributed by atoms with E-state index in [1.165, 1.54) is 0 Å². The fourth-order valence-electron chi connectivity index (χ4n) is 1.85. The van der Waals surface area contributed by atoms with E-state index in [1.807, 2.05) is 11.9 Å². The van der Waals surface area contributed by atoms with Crippen LogP contribution in [-0.4, -0.2) is 49.0 Å². The first kappa shape index (κ1) is 11.2. The molecule has 0 aromatic rings. The second-order valence-electron chi connectivity index (χ2n) is 3.87. The Kier molecular flexibility index (Phi) is 4.13. The van der Waals surface area contributed by atoms with Gasteiger partial charge >= 0.3 is 6.09 Å². The first-order valence-corrected chi connectivity index (χ1v) is 4.86. The first-order valence-electron chi connectivity index (χ1n) is 4.86. The quantitative estimate of drug-likeness (QED) is 0.719. The lowest BCUT2D eigenvalue weighted by atomic mass is 9.92. The summed E-state index contributed by atoms with van der Waals surface area (Å²) in [5.74, 6) is 0.281. The minimum Gasteiger partial charge on any atom is -0.465 e. The number of carboxylic acid groups (broad SMARTS) is 1. The third-order valence-electron chi connectivity index (χ3n) is 2.84. The number of alkyl halides is 1. The van der Waals surface area contributed by atoms with Crippen molar-refractivity contribution < 1.29 is 14.3 Å². The predicted molar refractivity (Wildman–Crippen MR) is 51.1 cm³/mol. The smallest absolute Gasteiger partial charge is 0.404 e. The molecule has 2 unspecified atom stereocenters. The van der Waals surface area contributed by atoms with Crippen molar-refractivity contribution >= 4 is 6.09 Å². The largest absolute Gasteiger partial charge is 0.465 e. The Hall–Kier alpha value is -0.840. The maximum Gasteiger partial charge on any atom is 0.404 e. The fourth-order valence-corrected chi connectivity index (χ4v) is 1.85. The van der Waals surface area contributed by atoms with Crippen molar-refractivity contribution in [3.05, 3.63) is 0 Å². The highest BCUT2D eigenvalue weighted by molar-refractivity contribution is 5.64. The van der Waals surface area contributed by atoms with Gasteiger partial charge in [-0.1, -0.05) is 0 Å². The van der Waals surface area contributed by atoms with Crippen LogP contribution in [-0.2, 0) is 0 Å². The molecule has 82 valence electrons. The molecule has 1 amide bonds. The molecule has 0 aromatic carbocycles. The first-order chi connectivity index (χ1) is 6.63. The summed E-state index contributed by atoms with van der Waals surface area (Å²) >= 11 is 0. The SMILES string of the molecule is CN1CCC(CNC(=O)O)CC1CF. The molecule has 2 atom stereocenters. The molecule has 0 radical (unpaired) electrons. The standard InChI is InChI=1S/C9H17FN2O2/c1-12-3-2-7(4-8(12)5-10)6-11-9(13)14/h7-8,11H,2-6H2,1H3,(H,13,14). The molecule has 2 N–H and O–H groups in total. The van der Waals surface area contributed by atoms with Gasteiger partial charge in [0, 0.05) is 12.6 Å². The normalized spacial score (nSPS) is 28.7. The van der Waals surface area contributed by atoms with Crippen LogP contribution in [0.3, 0.4) is 0 Å². The maximum atomic E-state index is 12.5. The van der Waals surface area contributed by atoms with Crippen LogP contribution < -0.4 is 5.32 Å². The van der Waals surface area contributed by atoms with Crippen molar-refractivity contribution in [3.8, 4) is 0 Å². The Balaban J connectivity index is 2.31. The van der Waals surface area contributed by atoms with Gasteiger partial charge in [0.1, 0.15) is 6.67 Å². The monoisotopic (exact) mass is 204 g/mol. The number of rotatable bonds is 3. The van der Waals surface area contributed by atoms with Crippen molar-refractivity contribution in [3.63, 3.8) is 0 Å². The summed E-state index contributed by atoms with van der Waals surface area (Å²) in [6.07, 6.45) is 0.682. The van der Waals surface area contributed by atoms with Gasteiger partial charge in [0.15, 0.2) is 0 Å². The highest BCUT2D eigenvalue weighted by Crippen LogP contribution is 2.21. The molecule has 4 nitrogen and oxygen atoms in total. The highest BCUT2D eigenvalue weighted by Gasteiger charge is 2.25. The molecule has 0 saturated carbocycles. The zero-order valence-electron chi connectivity index (χ0n) is 8.37. The van der Waals surface area contributed by atoms with Crippen LogP contribution in [0.4, 0.5) is 9.18 Å². The molecule has 0 aliphatic carbocycles. The Labute approximate surface area is 83.1 Å². The number of hydrogen-bond donors (Lipinski definition) is 2. The summed E-state index contributed by atoms with van der Waals surface area (Å²) in [6.45, 7) is 0.945. The van der Waals surface area contributed by atoms with Gasteiger partial charge in [0.05, 0.1) is 0 Å². The topological polar surface area (TPSA) is 52.6 Å². The molecule has 0 aromatic heterocycles. The number of halogens is 1. The van der Waals surface area contributed by atoms with E-state index in [0.29, 0.717) is 6.54 Å². The van der Waals surface area contributed by atoms with Crippen LogP contribution >= 0.6 is 0 Å². The summed E-state index contributed by atoms with van der Waals surface area (Å²) in [4.78, 5) is 12.3. The predicted octanol–water partition coefficient (Wildman–Crippen LogP) is 0.934. The molecule has 1 aliphatic heterocycles. The zero-order valence-corrected chi connectivity index (χ0v) is 8.37. The van der Waals surface area contributed by atoms with Crippen molar-refractivity contribution in [2.24, 2.45) is 5.92 Å². The van der Waals surface area contributed by atoms with E-state index >= 15 is 0 Å². The van der Waals surface area contributed by atoms with E-state index in [-0.39, 0.29) is 18.6 Å². The number of likely N-dealkylation sites (tertiary alicyclic amines) is 1. The number of amides is 1. The van der Waals surface area contributed by atoms with E-state index in [0.717, 1.165) is 19.4 Å². The van der Waals surface area contributed by atoms with E-state index < -0.39 is 6.09 Å². The third kappa shape index (κ3) is 3.14. The number of nitrogens with one attached hydrogen (secondary N) is 1. The number of hydrogen-bond acceptors (Lipinski definition) is 2. The Morgan fingerprint density at radius 1 is 1.71 bits per heavy atom. The summed E-state index contributed by atoms with van der Waals surface area (Å²) in [6, 6.07) is -0.0376. The Morgan fingerprint density at radius 3 is 3.00 bits per heavy atom. The van der Waals surface area contributed by atoms with Gasteiger partial charge in [0.2, 0.25) is 0 Å². The summed E-state index contributed by atoms with van der Waals surface area (Å²) < 4.78 is 12.5. The number of carbonyl (C=O) groups is 1. The maximum absolute atomic E-state index is 12.5. The van der Waals surface area contributed by atoms with Gasteiger partial charge in [-0.15, -0.1) is 0 Å². The summed E-state index contributed by atoms with van der Waals surface area (Å²) in [5, 5.41) is 10.8. The van der Waals surface area contributed by atoms with E-state index in [1.54, 1.807) is 0 Å². The fraction of sp³-hybridized carbons (Fsp3) is 0.889. The molecule has 0 bridgehead atoms. The van der Waals surface area contributed by atoms with Crippen molar-refractivity contribution in [2.45, 2.75) is 18.9 Å². The van der Waals surface area contributed by atoms with Crippen molar-refractivity contribution in [1.29, 1.82) is 0 Å². The second-order valence-corrected chi connectivity index (χ2v) is 3.87. The van der Waals surface area contributed by atoms with Gasteiger partial charge < -0.3 is 15.3 Å². The molecule has 1 fully saturated rings. The lowest BCUT2D eigenvalue weighted by Crippen LogP contribution is -2.44. The molecule has 14 heavy (non-hydrogen) atoms. The highest BCUT2D eigenvalue weighted by atomic mass is 19.1. The van der Waals surface area contributed by atoms with Crippen LogP contribution in [0.1, 0.15) is 12.8 Å². The van der Waals surface area contributed by atoms with Crippen LogP contribution in [0.5, 0.6) is 0 Å². The van der Waals surface area contributed by atoms with Gasteiger partial charge in [-0.3, -0.25) is 0 Å². The number of piperidine rings is 1. The van der Waals surface area contributed by atoms with Crippen molar-refractivity contribution in [2.75, 3.05) is 26.8 Å². The summed E-state index contributed by atoms with van der Waals surface area (Å²) in [7, 11) is 1.91. The average molecular weight is 204 g/mol. The van der Waals surface area contributed by atoms with Crippen LogP contribution in [0.25, 0.3) is 0 Å². The number of nitrogens with zero attached hydrogens (tertiary/aromatic N) is 1. The van der Waals surface area contributed by atoms with Gasteiger partial charge in [-0.05, 0) is 32.4 Å². The Bertz CT molecular complexity index is 201. The van der Waals surface area contributed by atoms with Gasteiger partial charge in [0.25, 0.3) is 0 Å². The minimum atomic E-state index is -0.999. The molecule has 1 rings (SSSR count). The van der Waals surface area contributed by atoms with Crippen LogP contribution in [0, 0.1) is 5.92 Å². The molecule has 5 heteroatoms. The third-order valence-corrected chi connectivity index (χ3v) is 2.84. The Morgan fingerprint density at radius 2 is 2.43 bits per heavy atom. The molecular formula is C9H17FN2O2. The molecule has 1 aliphatic rings. The van der Waals surface area contributed by atoms with Gasteiger partial charge in [-0.2, -0.15) is 0 Å². The van der Waals surface area contributed by atoms with E-state index in [2.05, 4.69) is 5.32 Å². The van der Waals surface area contributed by atoms with Crippen LogP contribution in [0.15, 0.2) is 0 Å². The molecule has 0 spiro atoms. The lowest BCUT2D eigenvalue weighted by molar-refractivity contribution is 0.116. The molecule has 1 heterocycles. The second kappa shape index (κ2) is 5.14. The van der Waals surface area contributed by atoms with Crippen LogP contribution in [0.2, 0.25) is 0 Å². The van der Waals surface area contributed by atoms with E-state index in [4.69, 9.17) is 5.11 Å². The summed E-state index contributed by atoms with van der Waals surface area (Å²) in [5.41, 5.74) is 0. The zero-order chi connectivity index (χ0) is 10.6. The van der Waals surface area contributed by atoms with E-state index in [9.17, 15) is 9.18 Å². The lowest BCUT2D eigenvalue weighted by Gasteiger charge is -2.35. The molecule has 1 saturated heterocycles. The minimum absolute atomic E-state index is 0.0376. The van der Waals surface area contributed by atoms with Crippen molar-refractivity contribution in [1.82, 2.24) is 10.2 Å². The van der Waals surface area contributed by atoms with Gasteiger partial charge in [-0.25, -0.2) is 9.18 Å². The average Bonchev–Trinajstić information content (AvgIpc) is 2.16. The molecular weight excluding hydrogens is 187 g/mol.